The number of unbranched alkanes of at least 4 members (excludes halogenated alkanes) is 1. The van der Waals surface area contributed by atoms with Crippen LogP contribution in [0.2, 0.25) is 0 Å². The number of fused-ring (bicyclic) bond motifs is 5. The summed E-state index contributed by atoms with van der Waals surface area (Å²) in [7, 11) is 0. The number of nitrogens with zero attached hydrogens (tertiary/aromatic N) is 5. The van der Waals surface area contributed by atoms with E-state index in [-0.39, 0.29) is 29.7 Å². The minimum absolute atomic E-state index is 0.0412. The van der Waals surface area contributed by atoms with E-state index in [9.17, 15) is 14.4 Å². The molecular formula is C22H29N5O4. The first-order chi connectivity index (χ1) is 15.1. The van der Waals surface area contributed by atoms with Crippen molar-refractivity contribution in [2.24, 2.45) is 23.7 Å². The quantitative estimate of drug-likeness (QED) is 0.502. The van der Waals surface area contributed by atoms with E-state index in [0.717, 1.165) is 19.3 Å². The Labute approximate surface area is 181 Å². The molecule has 2 saturated heterocycles. The standard InChI is InChI=1S/C22H29N5O4/c28-19-17-15-4-5-16(14-15)18(17)20(29)27(19)8-1-2-13-31-22(30)26-11-9-25(10-12-26)21-23-6-3-7-24-21/h3,6-7,15-18H,1-2,4-5,8-14H2/t15-,16+,17+,18-. The number of hydrogen-bond acceptors (Lipinski definition) is 7. The van der Waals surface area contributed by atoms with Crippen LogP contribution in [0.25, 0.3) is 0 Å². The number of ether oxygens (including phenoxy) is 1. The van der Waals surface area contributed by atoms with Gasteiger partial charge in [-0.3, -0.25) is 14.5 Å². The van der Waals surface area contributed by atoms with Crippen molar-refractivity contribution in [3.05, 3.63) is 18.5 Å². The summed E-state index contributed by atoms with van der Waals surface area (Å²) in [5.74, 6) is 1.50. The van der Waals surface area contributed by atoms with Crippen molar-refractivity contribution >= 4 is 23.9 Å². The predicted molar refractivity (Wildman–Crippen MR) is 111 cm³/mol. The highest BCUT2D eigenvalue weighted by molar-refractivity contribution is 6.06. The van der Waals surface area contributed by atoms with Crippen molar-refractivity contribution in [1.82, 2.24) is 19.8 Å². The highest BCUT2D eigenvalue weighted by Gasteiger charge is 2.60. The molecule has 9 heteroatoms. The van der Waals surface area contributed by atoms with Crippen molar-refractivity contribution in [1.29, 1.82) is 0 Å². The summed E-state index contributed by atoms with van der Waals surface area (Å²) in [4.78, 5) is 51.4. The van der Waals surface area contributed by atoms with E-state index in [0.29, 0.717) is 70.0 Å². The molecule has 3 heterocycles. The van der Waals surface area contributed by atoms with Gasteiger partial charge in [-0.05, 0) is 50.0 Å². The fourth-order valence-electron chi connectivity index (χ4n) is 5.86. The monoisotopic (exact) mass is 427 g/mol. The van der Waals surface area contributed by atoms with E-state index in [1.807, 2.05) is 0 Å². The number of likely N-dealkylation sites (tertiary alicyclic amines) is 1. The summed E-state index contributed by atoms with van der Waals surface area (Å²) < 4.78 is 5.41. The summed E-state index contributed by atoms with van der Waals surface area (Å²) in [6, 6.07) is 1.78. The van der Waals surface area contributed by atoms with Crippen LogP contribution in [0.15, 0.2) is 18.5 Å². The second kappa shape index (κ2) is 8.43. The number of hydrogen-bond donors (Lipinski definition) is 0. The van der Waals surface area contributed by atoms with E-state index < -0.39 is 0 Å². The third-order valence-corrected chi connectivity index (χ3v) is 7.39. The van der Waals surface area contributed by atoms with Gasteiger partial charge < -0.3 is 14.5 Å². The molecule has 2 aliphatic heterocycles. The Balaban J connectivity index is 1.01. The molecule has 31 heavy (non-hydrogen) atoms. The van der Waals surface area contributed by atoms with Crippen LogP contribution >= 0.6 is 0 Å². The van der Waals surface area contributed by atoms with Gasteiger partial charge in [0.15, 0.2) is 0 Å². The number of aromatic nitrogens is 2. The van der Waals surface area contributed by atoms with Crippen molar-refractivity contribution in [3.63, 3.8) is 0 Å². The van der Waals surface area contributed by atoms with Crippen LogP contribution in [-0.2, 0) is 14.3 Å². The second-order valence-electron chi connectivity index (χ2n) is 9.06. The van der Waals surface area contributed by atoms with E-state index in [4.69, 9.17) is 4.74 Å². The second-order valence-corrected chi connectivity index (χ2v) is 9.06. The fourth-order valence-corrected chi connectivity index (χ4v) is 5.86. The summed E-state index contributed by atoms with van der Waals surface area (Å²) in [6.45, 7) is 3.22. The summed E-state index contributed by atoms with van der Waals surface area (Å²) >= 11 is 0. The largest absolute Gasteiger partial charge is 0.449 e. The maximum absolute atomic E-state index is 12.7. The van der Waals surface area contributed by atoms with Gasteiger partial charge in [0, 0.05) is 45.1 Å². The molecule has 2 aliphatic carbocycles. The molecule has 4 atom stereocenters. The highest BCUT2D eigenvalue weighted by Crippen LogP contribution is 2.56. The van der Waals surface area contributed by atoms with Crippen LogP contribution in [0.4, 0.5) is 10.7 Å². The third-order valence-electron chi connectivity index (χ3n) is 7.39. The molecule has 0 unspecified atom stereocenters. The van der Waals surface area contributed by atoms with Gasteiger partial charge in [-0.1, -0.05) is 0 Å². The van der Waals surface area contributed by atoms with E-state index in [1.54, 1.807) is 23.4 Å². The Kier molecular flexibility index (Phi) is 5.50. The van der Waals surface area contributed by atoms with Gasteiger partial charge in [-0.2, -0.15) is 0 Å². The predicted octanol–water partition coefficient (Wildman–Crippen LogP) is 1.55. The first-order valence-corrected chi connectivity index (χ1v) is 11.4. The molecule has 3 amide bonds. The molecule has 2 saturated carbocycles. The lowest BCUT2D eigenvalue weighted by Gasteiger charge is -2.33. The van der Waals surface area contributed by atoms with Crippen LogP contribution in [0, 0.1) is 23.7 Å². The summed E-state index contributed by atoms with van der Waals surface area (Å²) in [6.07, 6.45) is 7.67. The Hall–Kier alpha value is -2.71. The molecule has 2 bridgehead atoms. The number of anilines is 1. The normalized spacial score (nSPS) is 29.6. The molecule has 0 spiro atoms. The van der Waals surface area contributed by atoms with Gasteiger partial charge in [-0.15, -0.1) is 0 Å². The molecule has 1 aromatic heterocycles. The molecule has 1 aromatic rings. The first kappa shape index (κ1) is 20.2. The van der Waals surface area contributed by atoms with Gasteiger partial charge in [0.05, 0.1) is 18.4 Å². The zero-order chi connectivity index (χ0) is 21.4. The molecule has 5 rings (SSSR count). The highest BCUT2D eigenvalue weighted by atomic mass is 16.6. The average molecular weight is 428 g/mol. The molecule has 0 radical (unpaired) electrons. The third kappa shape index (κ3) is 3.74. The molecule has 9 nitrogen and oxygen atoms in total. The minimum Gasteiger partial charge on any atom is -0.449 e. The molecule has 4 fully saturated rings. The maximum atomic E-state index is 12.7. The minimum atomic E-state index is -0.312. The lowest BCUT2D eigenvalue weighted by molar-refractivity contribution is -0.140. The Morgan fingerprint density at radius 1 is 0.968 bits per heavy atom. The molecule has 166 valence electrons. The summed E-state index contributed by atoms with van der Waals surface area (Å²) in [5, 5.41) is 0. The zero-order valence-electron chi connectivity index (χ0n) is 17.7. The SMILES string of the molecule is O=C(OCCCCN1C(=O)[C@@H]2[C@H]3CC[C@H](C3)[C@@H]2C1=O)N1CCN(c2ncccn2)CC1. The lowest BCUT2D eigenvalue weighted by atomic mass is 9.81. The maximum Gasteiger partial charge on any atom is 0.409 e. The van der Waals surface area contributed by atoms with Crippen LogP contribution < -0.4 is 4.90 Å². The number of piperazine rings is 1. The van der Waals surface area contributed by atoms with Gasteiger partial charge in [-0.25, -0.2) is 14.8 Å². The van der Waals surface area contributed by atoms with Crippen LogP contribution in [0.1, 0.15) is 32.1 Å². The van der Waals surface area contributed by atoms with Crippen molar-refractivity contribution in [2.45, 2.75) is 32.1 Å². The molecule has 4 aliphatic rings. The Morgan fingerprint density at radius 2 is 1.61 bits per heavy atom. The fraction of sp³-hybridized carbons (Fsp3) is 0.682. The van der Waals surface area contributed by atoms with Gasteiger partial charge in [0.1, 0.15) is 0 Å². The summed E-state index contributed by atoms with van der Waals surface area (Å²) in [5.41, 5.74) is 0. The average Bonchev–Trinajstić information content (AvgIpc) is 3.49. The van der Waals surface area contributed by atoms with E-state index >= 15 is 0 Å². The van der Waals surface area contributed by atoms with Gasteiger partial charge in [0.2, 0.25) is 17.8 Å². The van der Waals surface area contributed by atoms with Crippen LogP contribution in [-0.4, -0.2) is 77.0 Å². The molecule has 0 N–H and O–H groups in total. The van der Waals surface area contributed by atoms with Crippen molar-refractivity contribution in [2.75, 3.05) is 44.2 Å². The topological polar surface area (TPSA) is 95.9 Å². The Bertz CT molecular complexity index is 814. The van der Waals surface area contributed by atoms with Crippen molar-refractivity contribution in [3.8, 4) is 0 Å². The van der Waals surface area contributed by atoms with Crippen LogP contribution in [0.5, 0.6) is 0 Å². The van der Waals surface area contributed by atoms with Gasteiger partial charge in [0.25, 0.3) is 0 Å². The number of amides is 3. The number of imide groups is 1. The lowest BCUT2D eigenvalue weighted by Crippen LogP contribution is -2.49. The molecule has 0 aromatic carbocycles. The molecular weight excluding hydrogens is 398 g/mol. The number of carbonyl (C=O) groups is 3. The number of rotatable bonds is 6. The first-order valence-electron chi connectivity index (χ1n) is 11.4. The van der Waals surface area contributed by atoms with E-state index in [1.165, 1.54) is 4.90 Å². The van der Waals surface area contributed by atoms with Gasteiger partial charge >= 0.3 is 6.09 Å². The Morgan fingerprint density at radius 3 is 2.26 bits per heavy atom. The number of carbonyl (C=O) groups excluding carboxylic acids is 3. The van der Waals surface area contributed by atoms with Crippen LogP contribution in [0.3, 0.4) is 0 Å². The van der Waals surface area contributed by atoms with Crippen molar-refractivity contribution < 1.29 is 19.1 Å². The smallest absolute Gasteiger partial charge is 0.409 e. The zero-order valence-corrected chi connectivity index (χ0v) is 17.7. The van der Waals surface area contributed by atoms with E-state index in [2.05, 4.69) is 14.9 Å².